The van der Waals surface area contributed by atoms with E-state index in [0.29, 0.717) is 9.93 Å². The Hall–Kier alpha value is 2.67. The molecule has 3 nitrogen and oxygen atoms in total. The molecular weight excluding hydrogens is 243 g/mol. The summed E-state index contributed by atoms with van der Waals surface area (Å²) >= 11 is 13.9. The zero-order valence-electron chi connectivity index (χ0n) is 7.12. The van der Waals surface area contributed by atoms with E-state index in [1.165, 1.54) is 0 Å². The minimum atomic E-state index is 0. The van der Waals surface area contributed by atoms with E-state index in [9.17, 15) is 0 Å². The molecule has 48 valence electrons. The van der Waals surface area contributed by atoms with Crippen LogP contribution in [0.15, 0.2) is 10.3 Å². The first-order chi connectivity index (χ1) is 4.18. The van der Waals surface area contributed by atoms with Gasteiger partial charge in [0.2, 0.25) is 0 Å². The minimum absolute atomic E-state index is 0. The molecule has 0 saturated heterocycles. The average Bonchev–Trinajstić information content (AvgIpc) is 1.59. The molecule has 0 saturated carbocycles. The summed E-state index contributed by atoms with van der Waals surface area (Å²) in [5, 5.41) is 0.490. The molecule has 12 heavy (non-hydrogen) atoms. The maximum Gasteiger partial charge on any atom is 1.00 e. The molecule has 0 aliphatic rings. The molecular formula is C3HN3Na3S3+. The second kappa shape index (κ2) is 10.2. The smallest absolute Gasteiger partial charge is 0.742 e. The van der Waals surface area contributed by atoms with Gasteiger partial charge in [0.25, 0.3) is 0 Å². The van der Waals surface area contributed by atoms with Crippen LogP contribution in [0.4, 0.5) is 0 Å². The van der Waals surface area contributed by atoms with Crippen molar-refractivity contribution < 1.29 is 88.7 Å². The average molecular weight is 244 g/mol. The summed E-state index contributed by atoms with van der Waals surface area (Å²) in [6.07, 6.45) is 0. The Labute approximate surface area is 153 Å². The third kappa shape index (κ3) is 8.02. The molecule has 0 aromatic carbocycles. The van der Waals surface area contributed by atoms with E-state index >= 15 is 0 Å². The topological polar surface area (TPSA) is 41.6 Å². The summed E-state index contributed by atoms with van der Waals surface area (Å²) in [6.45, 7) is 0. The van der Waals surface area contributed by atoms with E-state index in [1.807, 2.05) is 0 Å². The van der Waals surface area contributed by atoms with E-state index < -0.39 is 0 Å². The van der Waals surface area contributed by atoms with Gasteiger partial charge in [-0.3, -0.25) is 4.98 Å². The maximum atomic E-state index is 4.65. The summed E-state index contributed by atoms with van der Waals surface area (Å²) in [7, 11) is 0. The van der Waals surface area contributed by atoms with Gasteiger partial charge >= 0.3 is 88.7 Å². The third-order valence-electron chi connectivity index (χ3n) is 0.608. The van der Waals surface area contributed by atoms with E-state index in [4.69, 9.17) is 0 Å². The van der Waals surface area contributed by atoms with Crippen molar-refractivity contribution in [1.29, 1.82) is 0 Å². The van der Waals surface area contributed by atoms with E-state index in [1.54, 1.807) is 0 Å². The number of aromatic amines is 1. The molecule has 0 atom stereocenters. The van der Waals surface area contributed by atoms with Gasteiger partial charge in [-0.1, -0.05) is 0 Å². The quantitative estimate of drug-likeness (QED) is 0.279. The van der Waals surface area contributed by atoms with Crippen LogP contribution in [0.2, 0.25) is 0 Å². The number of hydrogen-bond donors (Lipinski definition) is 1. The Kier molecular flexibility index (Phi) is 17.1. The first-order valence-electron chi connectivity index (χ1n) is 2.01. The van der Waals surface area contributed by atoms with Gasteiger partial charge < -0.3 is 30.2 Å². The normalized spacial score (nSPS) is 7.00. The number of nitrogens with one attached hydrogen (secondary N) is 1. The Bertz CT molecular complexity index is 254. The van der Waals surface area contributed by atoms with Crippen LogP contribution in [0.25, 0.3) is 0 Å². The molecule has 9 heteroatoms. The number of rotatable bonds is 0. The zero-order chi connectivity index (χ0) is 6.85. The molecule has 1 N–H and O–H groups in total. The first-order valence-corrected chi connectivity index (χ1v) is 3.23. The van der Waals surface area contributed by atoms with Crippen LogP contribution < -0.4 is 88.7 Å². The van der Waals surface area contributed by atoms with Crippen molar-refractivity contribution in [2.45, 2.75) is 10.3 Å². The summed E-state index contributed by atoms with van der Waals surface area (Å²) in [5.41, 5.74) is 0. The number of nitrogens with zero attached hydrogens (tertiary/aromatic N) is 2. The fourth-order valence-corrected chi connectivity index (χ4v) is 1.08. The fourth-order valence-electron chi connectivity index (χ4n) is 0.346. The van der Waals surface area contributed by atoms with Gasteiger partial charge in [0, 0.05) is 5.16 Å². The second-order valence-corrected chi connectivity index (χ2v) is 2.38. The van der Waals surface area contributed by atoms with Crippen molar-refractivity contribution in [3.05, 3.63) is 4.77 Å². The summed E-state index contributed by atoms with van der Waals surface area (Å²) in [6, 6.07) is 0. The van der Waals surface area contributed by atoms with Crippen LogP contribution in [0.5, 0.6) is 0 Å². The standard InChI is InChI=1S/C3H3N3S3.3Na/c7-1-4-2(8)6-3(9)5-1;;;/h(H3,4,5,6,7,8,9);;;/q;3*+1/p-2. The van der Waals surface area contributed by atoms with Gasteiger partial charge in [-0.15, -0.1) is 0 Å². The molecule has 0 radical (unpaired) electrons. The largest absolute Gasteiger partial charge is 1.00 e. The summed E-state index contributed by atoms with van der Waals surface area (Å²) in [4.78, 5) is 9.81. The van der Waals surface area contributed by atoms with Crippen LogP contribution in [0.1, 0.15) is 0 Å². The Morgan fingerprint density at radius 3 is 1.92 bits per heavy atom. The predicted molar refractivity (Wildman–Crippen MR) is 38.5 cm³/mol. The number of aromatic nitrogens is 3. The molecule has 1 aromatic rings. The van der Waals surface area contributed by atoms with Gasteiger partial charge in [-0.05, 0) is 17.4 Å². The molecule has 1 heterocycles. The van der Waals surface area contributed by atoms with Crippen molar-refractivity contribution in [2.24, 2.45) is 0 Å². The van der Waals surface area contributed by atoms with Gasteiger partial charge in [0.05, 0.1) is 0 Å². The van der Waals surface area contributed by atoms with Crippen LogP contribution in [0, 0.1) is 4.77 Å². The van der Waals surface area contributed by atoms with E-state index in [0.717, 1.165) is 0 Å². The monoisotopic (exact) mass is 244 g/mol. The van der Waals surface area contributed by atoms with Gasteiger partial charge in [0.15, 0.2) is 4.77 Å². The molecule has 0 aliphatic heterocycles. The number of hydrogen-bond acceptors (Lipinski definition) is 5. The molecule has 1 aromatic heterocycles. The zero-order valence-corrected chi connectivity index (χ0v) is 15.6. The Morgan fingerprint density at radius 2 is 1.58 bits per heavy atom. The van der Waals surface area contributed by atoms with Crippen LogP contribution in [0.3, 0.4) is 0 Å². The Morgan fingerprint density at radius 1 is 1.08 bits per heavy atom. The van der Waals surface area contributed by atoms with Crippen LogP contribution in [-0.2, 0) is 25.3 Å². The molecule has 0 bridgehead atoms. The minimum Gasteiger partial charge on any atom is -0.742 e. The second-order valence-electron chi connectivity index (χ2n) is 1.24. The van der Waals surface area contributed by atoms with Crippen molar-refractivity contribution in [3.63, 3.8) is 0 Å². The van der Waals surface area contributed by atoms with Gasteiger partial charge in [-0.2, -0.15) is 0 Å². The van der Waals surface area contributed by atoms with Crippen LogP contribution >= 0.6 is 12.2 Å². The Balaban J connectivity index is -0.000000270. The van der Waals surface area contributed by atoms with Crippen molar-refractivity contribution in [2.75, 3.05) is 0 Å². The van der Waals surface area contributed by atoms with E-state index in [-0.39, 0.29) is 93.8 Å². The van der Waals surface area contributed by atoms with Crippen molar-refractivity contribution in [1.82, 2.24) is 15.0 Å². The molecule has 0 aliphatic carbocycles. The van der Waals surface area contributed by atoms with E-state index in [2.05, 4.69) is 52.4 Å². The van der Waals surface area contributed by atoms with Gasteiger partial charge in [0.1, 0.15) is 0 Å². The first kappa shape index (κ1) is 20.1. The SMILES string of the molecule is S=c1nc([S-])nc([S-])[nH]1.[Na+].[Na+].[Na+]. The predicted octanol–water partition coefficient (Wildman–Crippen LogP) is -8.64. The fraction of sp³-hybridized carbons (Fsp3) is 0. The third-order valence-corrected chi connectivity index (χ3v) is 1.18. The van der Waals surface area contributed by atoms with Gasteiger partial charge in [-0.25, -0.2) is 4.98 Å². The number of H-pyrrole nitrogens is 1. The molecule has 1 rings (SSSR count). The molecule has 0 unspecified atom stereocenters. The molecule has 0 fully saturated rings. The summed E-state index contributed by atoms with van der Waals surface area (Å²) < 4.78 is 0.292. The van der Waals surface area contributed by atoms with Crippen molar-refractivity contribution >= 4 is 37.5 Å². The van der Waals surface area contributed by atoms with Crippen LogP contribution in [-0.4, -0.2) is 15.0 Å². The molecule has 0 amide bonds. The maximum absolute atomic E-state index is 4.65. The molecule has 0 spiro atoms. The summed E-state index contributed by atoms with van der Waals surface area (Å²) in [5.74, 6) is 0. The van der Waals surface area contributed by atoms with Crippen molar-refractivity contribution in [3.8, 4) is 0 Å².